The monoisotopic (exact) mass is 243 g/mol. The number of anilines is 1. The van der Waals surface area contributed by atoms with E-state index in [4.69, 9.17) is 0 Å². The lowest BCUT2D eigenvalue weighted by molar-refractivity contribution is 0.441. The number of allylic oxidation sites excluding steroid dienone is 1. The quantitative estimate of drug-likeness (QED) is 0.722. The minimum atomic E-state index is -1.40. The van der Waals surface area contributed by atoms with E-state index in [1.165, 1.54) is 0 Å². The van der Waals surface area contributed by atoms with Gasteiger partial charge in [-0.25, -0.2) is 13.2 Å². The molecular weight excluding hydrogens is 227 g/mol. The maximum absolute atomic E-state index is 13.6. The average molecular weight is 243 g/mol. The van der Waals surface area contributed by atoms with Crippen molar-refractivity contribution >= 4 is 5.69 Å². The summed E-state index contributed by atoms with van der Waals surface area (Å²) in [5.41, 5.74) is 0.577. The van der Waals surface area contributed by atoms with E-state index in [9.17, 15) is 13.2 Å². The first-order valence-corrected chi connectivity index (χ1v) is 5.54. The van der Waals surface area contributed by atoms with Crippen LogP contribution in [0.5, 0.6) is 0 Å². The highest BCUT2D eigenvalue weighted by Crippen LogP contribution is 2.28. The zero-order valence-electron chi connectivity index (χ0n) is 10.2. The Kier molecular flexibility index (Phi) is 4.61. The Morgan fingerprint density at radius 3 is 2.41 bits per heavy atom. The van der Waals surface area contributed by atoms with E-state index in [1.807, 2.05) is 6.92 Å². The van der Waals surface area contributed by atoms with Crippen molar-refractivity contribution in [3.63, 3.8) is 0 Å². The maximum atomic E-state index is 13.6. The Bertz CT molecular complexity index is 427. The van der Waals surface area contributed by atoms with E-state index >= 15 is 0 Å². The van der Waals surface area contributed by atoms with Crippen LogP contribution in [0.1, 0.15) is 25.8 Å². The molecule has 1 aromatic carbocycles. The lowest BCUT2D eigenvalue weighted by Gasteiger charge is -2.19. The minimum absolute atomic E-state index is 0.215. The molecule has 0 amide bonds. The molecule has 0 heterocycles. The van der Waals surface area contributed by atoms with Gasteiger partial charge in [-0.05, 0) is 19.5 Å². The minimum Gasteiger partial charge on any atom is -0.351 e. The van der Waals surface area contributed by atoms with Gasteiger partial charge in [0.2, 0.25) is 0 Å². The largest absolute Gasteiger partial charge is 0.351 e. The van der Waals surface area contributed by atoms with Crippen molar-refractivity contribution in [2.24, 2.45) is 0 Å². The molecule has 0 atom stereocenters. The second kappa shape index (κ2) is 5.75. The molecule has 1 nitrogen and oxygen atoms in total. The molecule has 0 N–H and O–H groups in total. The number of hydrogen-bond donors (Lipinski definition) is 0. The molecule has 1 rings (SSSR count). The summed E-state index contributed by atoms with van der Waals surface area (Å²) in [6, 6.07) is 1.03. The molecule has 1 aromatic rings. The second-order valence-corrected chi connectivity index (χ2v) is 3.83. The average Bonchev–Trinajstić information content (AvgIpc) is 2.30. The molecule has 0 saturated heterocycles. The predicted molar refractivity (Wildman–Crippen MR) is 63.5 cm³/mol. The first kappa shape index (κ1) is 13.6. The van der Waals surface area contributed by atoms with E-state index < -0.39 is 17.5 Å². The van der Waals surface area contributed by atoms with Gasteiger partial charge in [-0.2, -0.15) is 0 Å². The highest BCUT2D eigenvalue weighted by Gasteiger charge is 2.19. The third-order valence-electron chi connectivity index (χ3n) is 2.49. The van der Waals surface area contributed by atoms with Crippen molar-refractivity contribution in [3.05, 3.63) is 41.4 Å². The Labute approximate surface area is 99.6 Å². The van der Waals surface area contributed by atoms with Gasteiger partial charge in [0.25, 0.3) is 0 Å². The number of nitrogens with zero attached hydrogens (tertiary/aromatic N) is 1. The van der Waals surface area contributed by atoms with Gasteiger partial charge in [-0.3, -0.25) is 0 Å². The van der Waals surface area contributed by atoms with E-state index in [0.717, 1.165) is 6.07 Å². The fourth-order valence-electron chi connectivity index (χ4n) is 1.73. The number of benzene rings is 1. The fourth-order valence-corrected chi connectivity index (χ4v) is 1.73. The summed E-state index contributed by atoms with van der Waals surface area (Å²) in [5.74, 6) is -3.64. The second-order valence-electron chi connectivity index (χ2n) is 3.83. The van der Waals surface area contributed by atoms with Gasteiger partial charge in [0, 0.05) is 24.4 Å². The molecule has 0 unspecified atom stereocenters. The topological polar surface area (TPSA) is 3.24 Å². The van der Waals surface area contributed by atoms with Gasteiger partial charge in [-0.15, -0.1) is 0 Å². The van der Waals surface area contributed by atoms with Gasteiger partial charge in [0.15, 0.2) is 17.5 Å². The van der Waals surface area contributed by atoms with Gasteiger partial charge < -0.3 is 4.90 Å². The van der Waals surface area contributed by atoms with Crippen LogP contribution in [0.15, 0.2) is 18.3 Å². The van der Waals surface area contributed by atoms with E-state index in [2.05, 4.69) is 0 Å². The van der Waals surface area contributed by atoms with Crippen molar-refractivity contribution in [2.45, 2.75) is 26.7 Å². The summed E-state index contributed by atoms with van der Waals surface area (Å²) in [6.07, 6.45) is 4.46. The summed E-state index contributed by atoms with van der Waals surface area (Å²) in [7, 11) is 1.67. The normalized spacial score (nSPS) is 11.2. The summed E-state index contributed by atoms with van der Waals surface area (Å²) in [6.45, 7) is 3.66. The summed E-state index contributed by atoms with van der Waals surface area (Å²) < 4.78 is 40.0. The Morgan fingerprint density at radius 1 is 1.24 bits per heavy atom. The van der Waals surface area contributed by atoms with Crippen LogP contribution in [-0.4, -0.2) is 7.05 Å². The smallest absolute Gasteiger partial charge is 0.194 e. The van der Waals surface area contributed by atoms with Crippen molar-refractivity contribution in [1.82, 2.24) is 0 Å². The molecule has 0 fully saturated rings. The zero-order chi connectivity index (χ0) is 13.0. The van der Waals surface area contributed by atoms with Crippen molar-refractivity contribution < 1.29 is 13.2 Å². The standard InChI is InChI=1S/C13H16F3N/c1-4-6-9-11(17(3)7-5-2)8-10(14)13(16)12(9)15/h5,7-8H,4,6H2,1-3H3. The van der Waals surface area contributed by atoms with Crippen LogP contribution >= 0.6 is 0 Å². The van der Waals surface area contributed by atoms with Crippen molar-refractivity contribution in [1.29, 1.82) is 0 Å². The van der Waals surface area contributed by atoms with Crippen molar-refractivity contribution in [2.75, 3.05) is 11.9 Å². The van der Waals surface area contributed by atoms with E-state index in [-0.39, 0.29) is 5.56 Å². The highest BCUT2D eigenvalue weighted by molar-refractivity contribution is 5.56. The maximum Gasteiger partial charge on any atom is 0.194 e. The molecule has 0 saturated carbocycles. The van der Waals surface area contributed by atoms with Gasteiger partial charge in [0.05, 0.1) is 0 Å². The van der Waals surface area contributed by atoms with E-state index in [1.54, 1.807) is 31.1 Å². The van der Waals surface area contributed by atoms with Crippen LogP contribution in [0.2, 0.25) is 0 Å². The number of halogens is 3. The van der Waals surface area contributed by atoms with Gasteiger partial charge in [-0.1, -0.05) is 19.4 Å². The Morgan fingerprint density at radius 2 is 1.88 bits per heavy atom. The fraction of sp³-hybridized carbons (Fsp3) is 0.385. The van der Waals surface area contributed by atoms with Crippen LogP contribution in [0, 0.1) is 17.5 Å². The molecule has 0 aliphatic heterocycles. The molecule has 0 aliphatic carbocycles. The Balaban J connectivity index is 3.36. The highest BCUT2D eigenvalue weighted by atomic mass is 19.2. The molecule has 0 aliphatic rings. The predicted octanol–water partition coefficient (Wildman–Crippen LogP) is 4.03. The number of hydrogen-bond acceptors (Lipinski definition) is 1. The third kappa shape index (κ3) is 2.81. The van der Waals surface area contributed by atoms with Crippen LogP contribution in [0.4, 0.5) is 18.9 Å². The SMILES string of the molecule is CC=CN(C)c1cc(F)c(F)c(F)c1CCC. The summed E-state index contributed by atoms with van der Waals surface area (Å²) in [4.78, 5) is 1.58. The number of rotatable bonds is 4. The van der Waals surface area contributed by atoms with Crippen LogP contribution < -0.4 is 4.90 Å². The van der Waals surface area contributed by atoms with Gasteiger partial charge >= 0.3 is 0 Å². The summed E-state index contributed by atoms with van der Waals surface area (Å²) in [5, 5.41) is 0. The van der Waals surface area contributed by atoms with Crippen LogP contribution in [0.25, 0.3) is 0 Å². The Hall–Kier alpha value is -1.45. The van der Waals surface area contributed by atoms with Crippen LogP contribution in [0.3, 0.4) is 0 Å². The first-order valence-electron chi connectivity index (χ1n) is 5.54. The molecule has 0 spiro atoms. The van der Waals surface area contributed by atoms with Crippen molar-refractivity contribution in [3.8, 4) is 0 Å². The molecule has 94 valence electrons. The third-order valence-corrected chi connectivity index (χ3v) is 2.49. The molecule has 0 radical (unpaired) electrons. The molecule has 4 heteroatoms. The van der Waals surface area contributed by atoms with Gasteiger partial charge in [0.1, 0.15) is 0 Å². The lowest BCUT2D eigenvalue weighted by Crippen LogP contribution is -2.13. The molecular formula is C13H16F3N. The summed E-state index contributed by atoms with van der Waals surface area (Å²) >= 11 is 0. The van der Waals surface area contributed by atoms with E-state index in [0.29, 0.717) is 18.5 Å². The molecule has 17 heavy (non-hydrogen) atoms. The molecule has 0 bridgehead atoms. The first-order chi connectivity index (χ1) is 8.02. The van der Waals surface area contributed by atoms with Crippen LogP contribution in [-0.2, 0) is 6.42 Å². The molecule has 0 aromatic heterocycles. The lowest BCUT2D eigenvalue weighted by atomic mass is 10.1. The zero-order valence-corrected chi connectivity index (χ0v) is 10.2.